The highest BCUT2D eigenvalue weighted by Gasteiger charge is 2.51. The minimum absolute atomic E-state index is 0.0189. The Bertz CT molecular complexity index is 689. The molecule has 8 nitrogen and oxygen atoms in total. The van der Waals surface area contributed by atoms with E-state index in [0.717, 1.165) is 5.56 Å². The first-order valence-corrected chi connectivity index (χ1v) is 8.47. The lowest BCUT2D eigenvalue weighted by molar-refractivity contribution is -0.384. The quantitative estimate of drug-likeness (QED) is 0.566. The summed E-state index contributed by atoms with van der Waals surface area (Å²) in [5.74, 6) is -0.864. The van der Waals surface area contributed by atoms with Gasteiger partial charge in [0.25, 0.3) is 5.69 Å². The molecule has 1 aromatic carbocycles. The SMILES string of the molecule is CC(C)(C)OC(=O)N[C@@H](Cc1ccc([N+](=O)[O-])cc1)CC1(C(=O)O)CC1. The predicted octanol–water partition coefficient (Wildman–Crippen LogP) is 3.29. The molecule has 0 heterocycles. The van der Waals surface area contributed by atoms with Crippen molar-refractivity contribution in [1.29, 1.82) is 0 Å². The van der Waals surface area contributed by atoms with E-state index in [4.69, 9.17) is 4.74 Å². The number of aliphatic carboxylic acids is 1. The van der Waals surface area contributed by atoms with Crippen LogP contribution in [0.5, 0.6) is 0 Å². The van der Waals surface area contributed by atoms with Crippen molar-refractivity contribution >= 4 is 17.7 Å². The first kappa shape index (κ1) is 19.7. The molecule has 0 aromatic heterocycles. The van der Waals surface area contributed by atoms with Gasteiger partial charge in [0.1, 0.15) is 5.60 Å². The monoisotopic (exact) mass is 364 g/mol. The van der Waals surface area contributed by atoms with E-state index in [1.807, 2.05) is 0 Å². The van der Waals surface area contributed by atoms with Gasteiger partial charge in [-0.1, -0.05) is 12.1 Å². The highest BCUT2D eigenvalue weighted by atomic mass is 16.6. The van der Waals surface area contributed by atoms with Crippen LogP contribution < -0.4 is 5.32 Å². The maximum absolute atomic E-state index is 12.1. The Labute approximate surface area is 151 Å². The Morgan fingerprint density at radius 3 is 2.31 bits per heavy atom. The van der Waals surface area contributed by atoms with Crippen molar-refractivity contribution in [3.8, 4) is 0 Å². The molecule has 142 valence electrons. The summed E-state index contributed by atoms with van der Waals surface area (Å²) in [6.45, 7) is 5.24. The average Bonchev–Trinajstić information content (AvgIpc) is 3.26. The third-order valence-electron chi connectivity index (χ3n) is 4.29. The Kier molecular flexibility index (Phi) is 5.53. The van der Waals surface area contributed by atoms with Crippen molar-refractivity contribution in [2.75, 3.05) is 0 Å². The van der Waals surface area contributed by atoms with Crippen molar-refractivity contribution in [1.82, 2.24) is 5.32 Å². The number of hydrogen-bond acceptors (Lipinski definition) is 5. The molecule has 0 radical (unpaired) electrons. The molecular weight excluding hydrogens is 340 g/mol. The lowest BCUT2D eigenvalue weighted by Gasteiger charge is -2.25. The van der Waals surface area contributed by atoms with Crippen LogP contribution in [0.3, 0.4) is 0 Å². The molecule has 1 atom stereocenters. The molecule has 1 aromatic rings. The van der Waals surface area contributed by atoms with Crippen LogP contribution in [0.25, 0.3) is 0 Å². The fourth-order valence-electron chi connectivity index (χ4n) is 2.81. The van der Waals surface area contributed by atoms with E-state index in [9.17, 15) is 24.8 Å². The summed E-state index contributed by atoms with van der Waals surface area (Å²) in [7, 11) is 0. The van der Waals surface area contributed by atoms with E-state index in [0.29, 0.717) is 25.7 Å². The smallest absolute Gasteiger partial charge is 0.407 e. The molecule has 1 fully saturated rings. The molecule has 2 N–H and O–H groups in total. The number of nitrogens with zero attached hydrogens (tertiary/aromatic N) is 1. The second kappa shape index (κ2) is 7.31. The minimum Gasteiger partial charge on any atom is -0.481 e. The zero-order valence-electron chi connectivity index (χ0n) is 15.2. The molecule has 1 saturated carbocycles. The number of nitro groups is 1. The number of nitro benzene ring substituents is 1. The van der Waals surface area contributed by atoms with Gasteiger partial charge in [-0.15, -0.1) is 0 Å². The number of nitrogens with one attached hydrogen (secondary N) is 1. The molecule has 2 rings (SSSR count). The first-order chi connectivity index (χ1) is 12.0. The van der Waals surface area contributed by atoms with Crippen molar-refractivity contribution in [3.63, 3.8) is 0 Å². The van der Waals surface area contributed by atoms with Gasteiger partial charge in [-0.05, 0) is 52.0 Å². The second-order valence-corrected chi connectivity index (χ2v) is 7.76. The van der Waals surface area contributed by atoms with Crippen LogP contribution in [-0.4, -0.2) is 33.7 Å². The number of carbonyl (C=O) groups is 2. The van der Waals surface area contributed by atoms with Gasteiger partial charge in [0.05, 0.1) is 10.3 Å². The van der Waals surface area contributed by atoms with Gasteiger partial charge >= 0.3 is 12.1 Å². The zero-order valence-corrected chi connectivity index (χ0v) is 15.2. The average molecular weight is 364 g/mol. The Hall–Kier alpha value is -2.64. The van der Waals surface area contributed by atoms with Gasteiger partial charge in [-0.2, -0.15) is 0 Å². The third kappa shape index (κ3) is 5.44. The predicted molar refractivity (Wildman–Crippen MR) is 93.9 cm³/mol. The number of carboxylic acids is 1. The first-order valence-electron chi connectivity index (χ1n) is 8.47. The second-order valence-electron chi connectivity index (χ2n) is 7.76. The molecule has 1 aliphatic rings. The summed E-state index contributed by atoms with van der Waals surface area (Å²) in [6, 6.07) is 5.57. The fourth-order valence-corrected chi connectivity index (χ4v) is 2.81. The Balaban J connectivity index is 2.10. The van der Waals surface area contributed by atoms with E-state index in [1.54, 1.807) is 32.9 Å². The number of hydrogen-bond donors (Lipinski definition) is 2. The molecule has 1 aliphatic carbocycles. The number of carboxylic acid groups (broad SMARTS) is 1. The maximum Gasteiger partial charge on any atom is 0.407 e. The number of non-ortho nitro benzene ring substituents is 1. The largest absolute Gasteiger partial charge is 0.481 e. The van der Waals surface area contributed by atoms with E-state index < -0.39 is 34.0 Å². The number of benzene rings is 1. The third-order valence-corrected chi connectivity index (χ3v) is 4.29. The summed E-state index contributed by atoms with van der Waals surface area (Å²) in [4.78, 5) is 33.9. The summed E-state index contributed by atoms with van der Waals surface area (Å²) in [6.07, 6.45) is 1.21. The van der Waals surface area contributed by atoms with Crippen molar-refractivity contribution in [2.45, 2.75) is 58.1 Å². The van der Waals surface area contributed by atoms with Crippen LogP contribution in [0.15, 0.2) is 24.3 Å². The van der Waals surface area contributed by atoms with Crippen molar-refractivity contribution in [2.24, 2.45) is 5.41 Å². The number of ether oxygens (including phenoxy) is 1. The molecule has 0 bridgehead atoms. The molecule has 8 heteroatoms. The zero-order chi connectivity index (χ0) is 19.5. The molecule has 0 spiro atoms. The normalized spacial score (nSPS) is 16.4. The maximum atomic E-state index is 12.1. The topological polar surface area (TPSA) is 119 Å². The van der Waals surface area contributed by atoms with Crippen LogP contribution in [-0.2, 0) is 16.0 Å². The van der Waals surface area contributed by atoms with Crippen LogP contribution >= 0.6 is 0 Å². The molecule has 1 amide bonds. The summed E-state index contributed by atoms with van der Waals surface area (Å²) >= 11 is 0. The molecule has 0 saturated heterocycles. The van der Waals surface area contributed by atoms with Gasteiger partial charge in [0.2, 0.25) is 0 Å². The van der Waals surface area contributed by atoms with Crippen LogP contribution in [0.2, 0.25) is 0 Å². The van der Waals surface area contributed by atoms with Crippen molar-refractivity contribution < 1.29 is 24.4 Å². The standard InChI is InChI=1S/C18H24N2O6/c1-17(2,3)26-16(23)19-13(11-18(8-9-18)15(21)22)10-12-4-6-14(7-5-12)20(24)25/h4-7,13H,8-11H2,1-3H3,(H,19,23)(H,21,22)/t13-/m0/s1. The van der Waals surface area contributed by atoms with Gasteiger partial charge < -0.3 is 15.2 Å². The molecule has 0 aliphatic heterocycles. The lowest BCUT2D eigenvalue weighted by Crippen LogP contribution is -2.42. The highest BCUT2D eigenvalue weighted by molar-refractivity contribution is 5.78. The fraction of sp³-hybridized carbons (Fsp3) is 0.556. The highest BCUT2D eigenvalue weighted by Crippen LogP contribution is 2.50. The van der Waals surface area contributed by atoms with Gasteiger partial charge in [0, 0.05) is 18.2 Å². The van der Waals surface area contributed by atoms with Crippen molar-refractivity contribution in [3.05, 3.63) is 39.9 Å². The summed E-state index contributed by atoms with van der Waals surface area (Å²) in [5, 5.41) is 22.9. The summed E-state index contributed by atoms with van der Waals surface area (Å²) < 4.78 is 5.27. The molecule has 26 heavy (non-hydrogen) atoms. The lowest BCUT2D eigenvalue weighted by atomic mass is 9.92. The Morgan fingerprint density at radius 1 is 1.31 bits per heavy atom. The summed E-state index contributed by atoms with van der Waals surface area (Å²) in [5.41, 5.74) is -0.709. The van der Waals surface area contributed by atoms with E-state index in [-0.39, 0.29) is 5.69 Å². The van der Waals surface area contributed by atoms with Crippen LogP contribution in [0, 0.1) is 15.5 Å². The number of rotatable bonds is 7. The Morgan fingerprint density at radius 2 is 1.88 bits per heavy atom. The number of alkyl carbamates (subject to hydrolysis) is 1. The van der Waals surface area contributed by atoms with E-state index >= 15 is 0 Å². The number of amides is 1. The van der Waals surface area contributed by atoms with Gasteiger partial charge in [0.15, 0.2) is 0 Å². The van der Waals surface area contributed by atoms with E-state index in [1.165, 1.54) is 12.1 Å². The minimum atomic E-state index is -0.864. The van der Waals surface area contributed by atoms with E-state index in [2.05, 4.69) is 5.32 Å². The van der Waals surface area contributed by atoms with Gasteiger partial charge in [-0.3, -0.25) is 14.9 Å². The van der Waals surface area contributed by atoms with Crippen LogP contribution in [0.4, 0.5) is 10.5 Å². The van der Waals surface area contributed by atoms with Crippen LogP contribution in [0.1, 0.15) is 45.6 Å². The van der Waals surface area contributed by atoms with Gasteiger partial charge in [-0.25, -0.2) is 4.79 Å². The molecular formula is C18H24N2O6. The molecule has 0 unspecified atom stereocenters. The number of carbonyl (C=O) groups excluding carboxylic acids is 1.